The van der Waals surface area contributed by atoms with E-state index in [1.165, 1.54) is 6.07 Å². The highest BCUT2D eigenvalue weighted by molar-refractivity contribution is 6.31. The molecule has 10 nitrogen and oxygen atoms in total. The van der Waals surface area contributed by atoms with Crippen LogP contribution in [0.15, 0.2) is 53.8 Å². The van der Waals surface area contributed by atoms with Crippen molar-refractivity contribution >= 4 is 46.6 Å². The number of fused-ring (bicyclic) bond motifs is 1. The summed E-state index contributed by atoms with van der Waals surface area (Å²) in [5.41, 5.74) is 5.25. The number of hydrogen-bond acceptors (Lipinski definition) is 9. The molecule has 12 heteroatoms. The molecular formula is C27H28ClFN8O2. The second-order valence-corrected chi connectivity index (χ2v) is 9.66. The van der Waals surface area contributed by atoms with Crippen LogP contribution in [0.1, 0.15) is 11.1 Å². The number of hydrazone groups is 1. The molecule has 4 heterocycles. The Morgan fingerprint density at radius 3 is 2.23 bits per heavy atom. The number of rotatable bonds is 7. The van der Waals surface area contributed by atoms with Crippen LogP contribution in [-0.4, -0.2) is 78.3 Å². The third kappa shape index (κ3) is 5.65. The van der Waals surface area contributed by atoms with E-state index in [2.05, 4.69) is 30.3 Å². The van der Waals surface area contributed by atoms with Crippen molar-refractivity contribution in [2.24, 2.45) is 5.10 Å². The number of benzene rings is 2. The fraction of sp³-hybridized carbons (Fsp3) is 0.333. The van der Waals surface area contributed by atoms with Crippen LogP contribution in [0.5, 0.6) is 0 Å². The summed E-state index contributed by atoms with van der Waals surface area (Å²) in [7, 11) is 0. The van der Waals surface area contributed by atoms with E-state index in [0.717, 1.165) is 16.5 Å². The van der Waals surface area contributed by atoms with Gasteiger partial charge in [-0.15, -0.1) is 0 Å². The Morgan fingerprint density at radius 2 is 1.56 bits per heavy atom. The van der Waals surface area contributed by atoms with Crippen LogP contribution < -0.4 is 15.2 Å². The first-order valence-electron chi connectivity index (χ1n) is 12.9. The van der Waals surface area contributed by atoms with Crippen LogP contribution in [0.2, 0.25) is 5.02 Å². The van der Waals surface area contributed by atoms with Gasteiger partial charge in [0, 0.05) is 59.4 Å². The first-order chi connectivity index (χ1) is 19.2. The first kappa shape index (κ1) is 25.5. The molecule has 0 bridgehead atoms. The molecule has 0 radical (unpaired) electrons. The number of ether oxygens (including phenoxy) is 2. The first-order valence-corrected chi connectivity index (χ1v) is 13.2. The maximum absolute atomic E-state index is 14.5. The van der Waals surface area contributed by atoms with Gasteiger partial charge in [0.1, 0.15) is 5.82 Å². The van der Waals surface area contributed by atoms with E-state index in [9.17, 15) is 4.39 Å². The Kier molecular flexibility index (Phi) is 7.53. The van der Waals surface area contributed by atoms with Gasteiger partial charge in [-0.3, -0.25) is 0 Å². The predicted octanol–water partition coefficient (Wildman–Crippen LogP) is 3.79. The van der Waals surface area contributed by atoms with Crippen LogP contribution in [0, 0.1) is 5.82 Å². The van der Waals surface area contributed by atoms with Gasteiger partial charge in [0.25, 0.3) is 0 Å². The number of anilines is 3. The van der Waals surface area contributed by atoms with Gasteiger partial charge in [-0.2, -0.15) is 20.1 Å². The minimum atomic E-state index is -0.334. The fourth-order valence-corrected chi connectivity index (χ4v) is 4.96. The topological polar surface area (TPSA) is 92.9 Å². The van der Waals surface area contributed by atoms with E-state index in [4.69, 9.17) is 26.1 Å². The van der Waals surface area contributed by atoms with Gasteiger partial charge in [0.2, 0.25) is 17.8 Å². The normalized spacial score (nSPS) is 16.4. The van der Waals surface area contributed by atoms with E-state index in [-0.39, 0.29) is 5.82 Å². The molecule has 2 fully saturated rings. The smallest absolute Gasteiger partial charge is 0.250 e. The summed E-state index contributed by atoms with van der Waals surface area (Å²) in [4.78, 5) is 18.2. The number of nitrogens with zero attached hydrogens (tertiary/aromatic N) is 7. The molecule has 0 aliphatic carbocycles. The van der Waals surface area contributed by atoms with E-state index in [0.29, 0.717) is 87.6 Å². The molecule has 0 spiro atoms. The molecule has 2 aromatic heterocycles. The maximum atomic E-state index is 14.5. The molecule has 4 aromatic rings. The Bertz CT molecular complexity index is 1430. The van der Waals surface area contributed by atoms with Crippen LogP contribution in [-0.2, 0) is 16.0 Å². The van der Waals surface area contributed by atoms with E-state index < -0.39 is 0 Å². The third-order valence-electron chi connectivity index (χ3n) is 6.78. The molecule has 2 aliphatic heterocycles. The third-order valence-corrected chi connectivity index (χ3v) is 7.13. The molecule has 6 rings (SSSR count). The molecule has 2 aromatic carbocycles. The highest BCUT2D eigenvalue weighted by Crippen LogP contribution is 2.25. The Balaban J connectivity index is 1.27. The SMILES string of the molecule is Fc1cccc(Cl)c1Cn1cc(/C=N\Nc2nc(N3CCOCC3)nc(N3CCOCC3)n2)c2ccccc21. The molecule has 202 valence electrons. The highest BCUT2D eigenvalue weighted by Gasteiger charge is 2.21. The molecule has 0 saturated carbocycles. The van der Waals surface area contributed by atoms with Gasteiger partial charge in [-0.1, -0.05) is 35.9 Å². The lowest BCUT2D eigenvalue weighted by Gasteiger charge is -2.30. The monoisotopic (exact) mass is 550 g/mol. The summed E-state index contributed by atoms with van der Waals surface area (Å²) in [6.45, 7) is 5.64. The van der Waals surface area contributed by atoms with E-state index in [1.807, 2.05) is 35.0 Å². The lowest BCUT2D eigenvalue weighted by atomic mass is 10.2. The van der Waals surface area contributed by atoms with Gasteiger partial charge in [-0.05, 0) is 18.2 Å². The molecule has 2 saturated heterocycles. The van der Waals surface area contributed by atoms with Crippen molar-refractivity contribution in [3.63, 3.8) is 0 Å². The summed E-state index contributed by atoms with van der Waals surface area (Å²) < 4.78 is 27.4. The van der Waals surface area contributed by atoms with Crippen LogP contribution in [0.4, 0.5) is 22.2 Å². The molecule has 39 heavy (non-hydrogen) atoms. The van der Waals surface area contributed by atoms with Crippen molar-refractivity contribution in [3.05, 3.63) is 70.6 Å². The van der Waals surface area contributed by atoms with Gasteiger partial charge in [-0.25, -0.2) is 9.82 Å². The second kappa shape index (κ2) is 11.5. The van der Waals surface area contributed by atoms with Gasteiger partial charge in [0.05, 0.1) is 39.2 Å². The quantitative estimate of drug-likeness (QED) is 0.274. The molecule has 0 atom stereocenters. The lowest BCUT2D eigenvalue weighted by Crippen LogP contribution is -2.40. The highest BCUT2D eigenvalue weighted by atomic mass is 35.5. The number of halogens is 2. The van der Waals surface area contributed by atoms with Crippen LogP contribution in [0.25, 0.3) is 10.9 Å². The molecule has 0 amide bonds. The zero-order valence-electron chi connectivity index (χ0n) is 21.3. The Morgan fingerprint density at radius 1 is 0.897 bits per heavy atom. The summed E-state index contributed by atoms with van der Waals surface area (Å²) in [5, 5.41) is 5.84. The minimum absolute atomic E-state index is 0.298. The van der Waals surface area contributed by atoms with Crippen molar-refractivity contribution in [2.45, 2.75) is 6.54 Å². The zero-order valence-corrected chi connectivity index (χ0v) is 22.0. The van der Waals surface area contributed by atoms with Crippen molar-refractivity contribution in [3.8, 4) is 0 Å². The number of aromatic nitrogens is 4. The summed E-state index contributed by atoms with van der Waals surface area (Å²) in [5.74, 6) is 1.20. The van der Waals surface area contributed by atoms with Gasteiger partial charge < -0.3 is 23.8 Å². The van der Waals surface area contributed by atoms with E-state index >= 15 is 0 Å². The van der Waals surface area contributed by atoms with Crippen LogP contribution >= 0.6 is 11.6 Å². The number of hydrogen-bond donors (Lipinski definition) is 1. The standard InChI is InChI=1S/C27H28ClFN8O2/c28-22-5-3-6-23(29)21(22)18-37-17-19(20-4-1-2-7-24(20)37)16-30-34-25-31-26(35-8-12-38-13-9-35)33-27(32-25)36-10-14-39-15-11-36/h1-7,16-17H,8-15,18H2,(H,31,32,33,34)/b30-16-. The van der Waals surface area contributed by atoms with Gasteiger partial charge in [0.15, 0.2) is 0 Å². The van der Waals surface area contributed by atoms with Crippen molar-refractivity contribution in [2.75, 3.05) is 67.8 Å². The average molecular weight is 551 g/mol. The number of para-hydroxylation sites is 1. The average Bonchev–Trinajstić information content (AvgIpc) is 3.33. The molecule has 1 N–H and O–H groups in total. The van der Waals surface area contributed by atoms with Crippen molar-refractivity contribution in [1.82, 2.24) is 19.5 Å². The van der Waals surface area contributed by atoms with E-state index in [1.54, 1.807) is 18.3 Å². The Hall–Kier alpha value is -3.80. The molecular weight excluding hydrogens is 523 g/mol. The largest absolute Gasteiger partial charge is 0.378 e. The number of nitrogens with one attached hydrogen (secondary N) is 1. The summed E-state index contributed by atoms with van der Waals surface area (Å²) in [6, 6.07) is 12.6. The van der Waals surface area contributed by atoms with Gasteiger partial charge >= 0.3 is 0 Å². The lowest BCUT2D eigenvalue weighted by molar-refractivity contribution is 0.121. The Labute approximate surface area is 230 Å². The maximum Gasteiger partial charge on any atom is 0.250 e. The minimum Gasteiger partial charge on any atom is -0.378 e. The molecule has 0 unspecified atom stereocenters. The van der Waals surface area contributed by atoms with Crippen molar-refractivity contribution in [1.29, 1.82) is 0 Å². The zero-order chi connectivity index (χ0) is 26.6. The predicted molar refractivity (Wildman–Crippen MR) is 150 cm³/mol. The van der Waals surface area contributed by atoms with Crippen molar-refractivity contribution < 1.29 is 13.9 Å². The molecule has 2 aliphatic rings. The number of morpholine rings is 2. The fourth-order valence-electron chi connectivity index (χ4n) is 4.74. The summed E-state index contributed by atoms with van der Waals surface area (Å²) >= 11 is 6.30. The van der Waals surface area contributed by atoms with Crippen LogP contribution in [0.3, 0.4) is 0 Å². The summed E-state index contributed by atoms with van der Waals surface area (Å²) in [6.07, 6.45) is 3.65. The second-order valence-electron chi connectivity index (χ2n) is 9.26.